The Hall–Kier alpha value is -3.72. The lowest BCUT2D eigenvalue weighted by molar-refractivity contribution is 0.409. The van der Waals surface area contributed by atoms with Crippen LogP contribution in [0.25, 0.3) is 0 Å². The van der Waals surface area contributed by atoms with E-state index >= 15 is 0 Å². The van der Waals surface area contributed by atoms with Crippen molar-refractivity contribution in [1.82, 2.24) is 0 Å². The summed E-state index contributed by atoms with van der Waals surface area (Å²) < 4.78 is 17.4. The first-order valence-corrected chi connectivity index (χ1v) is 10.3. The quantitative estimate of drug-likeness (QED) is 0.324. The second kappa shape index (κ2) is 9.86. The average molecular weight is 411 g/mol. The third-order valence-electron chi connectivity index (χ3n) is 5.23. The van der Waals surface area contributed by atoms with E-state index in [1.165, 1.54) is 11.1 Å². The predicted octanol–water partition coefficient (Wildman–Crippen LogP) is 6.68. The number of ether oxygens (including phenoxy) is 3. The molecule has 0 N–H and O–H groups in total. The maximum Gasteiger partial charge on any atom is 0.131 e. The van der Waals surface area contributed by atoms with Crippen LogP contribution in [0.1, 0.15) is 22.3 Å². The second-order valence-corrected chi connectivity index (χ2v) is 7.37. The highest BCUT2D eigenvalue weighted by atomic mass is 16.5. The van der Waals surface area contributed by atoms with Gasteiger partial charge >= 0.3 is 0 Å². The highest BCUT2D eigenvalue weighted by Gasteiger charge is 2.12. The summed E-state index contributed by atoms with van der Waals surface area (Å²) in [6.45, 7) is 0. The van der Waals surface area contributed by atoms with Crippen molar-refractivity contribution < 1.29 is 14.2 Å². The van der Waals surface area contributed by atoms with Crippen LogP contribution in [-0.2, 0) is 12.8 Å². The van der Waals surface area contributed by atoms with E-state index in [2.05, 4.69) is 48.5 Å². The van der Waals surface area contributed by atoms with Crippen LogP contribution in [-0.4, -0.2) is 14.2 Å². The Morgan fingerprint density at radius 3 is 1.32 bits per heavy atom. The van der Waals surface area contributed by atoms with Gasteiger partial charge in [-0.2, -0.15) is 0 Å². The van der Waals surface area contributed by atoms with E-state index in [9.17, 15) is 0 Å². The van der Waals surface area contributed by atoms with Crippen LogP contribution in [0.15, 0.2) is 97.1 Å². The molecule has 0 bridgehead atoms. The number of benzene rings is 4. The molecule has 156 valence electrons. The van der Waals surface area contributed by atoms with Crippen LogP contribution < -0.4 is 14.2 Å². The van der Waals surface area contributed by atoms with E-state index in [0.29, 0.717) is 0 Å². The second-order valence-electron chi connectivity index (χ2n) is 7.37. The minimum atomic E-state index is 0.761. The summed E-state index contributed by atoms with van der Waals surface area (Å²) in [7, 11) is 3.37. The highest BCUT2D eigenvalue weighted by Crippen LogP contribution is 2.34. The smallest absolute Gasteiger partial charge is 0.131 e. The van der Waals surface area contributed by atoms with E-state index in [1.54, 1.807) is 14.2 Å². The molecule has 0 aliphatic carbocycles. The molecular weight excluding hydrogens is 384 g/mol. The zero-order chi connectivity index (χ0) is 21.5. The Morgan fingerprint density at radius 1 is 0.516 bits per heavy atom. The maximum absolute atomic E-state index is 6.47. The molecule has 0 unspecified atom stereocenters. The Kier molecular flexibility index (Phi) is 6.53. The van der Waals surface area contributed by atoms with Crippen molar-refractivity contribution in [2.75, 3.05) is 14.2 Å². The van der Waals surface area contributed by atoms with Crippen LogP contribution in [0.4, 0.5) is 0 Å². The highest BCUT2D eigenvalue weighted by molar-refractivity contribution is 5.49. The van der Waals surface area contributed by atoms with E-state index in [-0.39, 0.29) is 0 Å². The predicted molar refractivity (Wildman–Crippen MR) is 125 cm³/mol. The molecule has 4 rings (SSSR count). The molecule has 0 saturated heterocycles. The van der Waals surface area contributed by atoms with Crippen molar-refractivity contribution in [1.29, 1.82) is 0 Å². The van der Waals surface area contributed by atoms with Gasteiger partial charge in [0.05, 0.1) is 14.2 Å². The third-order valence-corrected chi connectivity index (χ3v) is 5.23. The molecule has 3 nitrogen and oxygen atoms in total. The van der Waals surface area contributed by atoms with Gasteiger partial charge in [0.2, 0.25) is 0 Å². The van der Waals surface area contributed by atoms with E-state index in [1.807, 2.05) is 48.5 Å². The maximum atomic E-state index is 6.47. The normalized spacial score (nSPS) is 10.5. The van der Waals surface area contributed by atoms with Crippen LogP contribution >= 0.6 is 0 Å². The van der Waals surface area contributed by atoms with Gasteiger partial charge < -0.3 is 14.2 Å². The molecule has 0 radical (unpaired) electrons. The van der Waals surface area contributed by atoms with Crippen molar-refractivity contribution in [3.05, 3.63) is 119 Å². The lowest BCUT2D eigenvalue weighted by Crippen LogP contribution is -1.99. The van der Waals surface area contributed by atoms with Gasteiger partial charge in [0.25, 0.3) is 0 Å². The van der Waals surface area contributed by atoms with Gasteiger partial charge in [-0.15, -0.1) is 0 Å². The first-order chi connectivity index (χ1) is 15.2. The zero-order valence-electron chi connectivity index (χ0n) is 17.9. The molecule has 0 aromatic heterocycles. The molecule has 0 aliphatic rings. The molecule has 0 spiro atoms. The van der Waals surface area contributed by atoms with Crippen molar-refractivity contribution in [2.45, 2.75) is 12.8 Å². The fourth-order valence-electron chi connectivity index (χ4n) is 3.59. The van der Waals surface area contributed by atoms with Gasteiger partial charge in [0.1, 0.15) is 23.0 Å². The molecular formula is C28H26O3. The van der Waals surface area contributed by atoms with Gasteiger partial charge in [-0.3, -0.25) is 0 Å². The molecule has 0 aliphatic heterocycles. The molecule has 31 heavy (non-hydrogen) atoms. The van der Waals surface area contributed by atoms with Crippen LogP contribution in [0, 0.1) is 0 Å². The van der Waals surface area contributed by atoms with Gasteiger partial charge in [-0.1, -0.05) is 60.7 Å². The van der Waals surface area contributed by atoms with Crippen LogP contribution in [0.5, 0.6) is 23.0 Å². The van der Waals surface area contributed by atoms with Crippen molar-refractivity contribution >= 4 is 0 Å². The molecule has 0 fully saturated rings. The Morgan fingerprint density at radius 2 is 0.935 bits per heavy atom. The number of hydrogen-bond acceptors (Lipinski definition) is 3. The molecule has 4 aromatic carbocycles. The van der Waals surface area contributed by atoms with E-state index in [4.69, 9.17) is 14.2 Å². The number of methoxy groups -OCH3 is 2. The Bertz CT molecular complexity index is 1030. The Balaban J connectivity index is 1.68. The summed E-state index contributed by atoms with van der Waals surface area (Å²) in [5.74, 6) is 3.28. The topological polar surface area (TPSA) is 27.7 Å². The fourth-order valence-corrected chi connectivity index (χ4v) is 3.59. The largest absolute Gasteiger partial charge is 0.497 e. The molecule has 0 atom stereocenters. The minimum absolute atomic E-state index is 0.761. The lowest BCUT2D eigenvalue weighted by atomic mass is 10.0. The third kappa shape index (κ3) is 5.26. The van der Waals surface area contributed by atoms with E-state index < -0.39 is 0 Å². The minimum Gasteiger partial charge on any atom is -0.497 e. The average Bonchev–Trinajstić information content (AvgIpc) is 2.82. The molecule has 0 heterocycles. The summed E-state index contributed by atoms with van der Waals surface area (Å²) in [6.07, 6.45) is 1.52. The first kappa shape index (κ1) is 20.5. The van der Waals surface area contributed by atoms with Gasteiger partial charge in [-0.25, -0.2) is 0 Å². The SMILES string of the molecule is COc1ccc(Oc2ccc(OC)cc2Cc2ccccc2)c(Cc2ccccc2)c1. The van der Waals surface area contributed by atoms with Crippen LogP contribution in [0.3, 0.4) is 0 Å². The number of hydrogen-bond donors (Lipinski definition) is 0. The molecule has 4 aromatic rings. The van der Waals surface area contributed by atoms with Crippen molar-refractivity contribution in [2.24, 2.45) is 0 Å². The summed E-state index contributed by atoms with van der Waals surface area (Å²) >= 11 is 0. The van der Waals surface area contributed by atoms with Crippen molar-refractivity contribution in [3.8, 4) is 23.0 Å². The first-order valence-electron chi connectivity index (χ1n) is 10.3. The molecule has 0 saturated carbocycles. The van der Waals surface area contributed by atoms with Gasteiger partial charge in [-0.05, 0) is 47.5 Å². The van der Waals surface area contributed by atoms with Gasteiger partial charge in [0, 0.05) is 24.0 Å². The zero-order valence-corrected chi connectivity index (χ0v) is 17.9. The van der Waals surface area contributed by atoms with Crippen LogP contribution in [0.2, 0.25) is 0 Å². The summed E-state index contributed by atoms with van der Waals surface area (Å²) in [6, 6.07) is 32.7. The summed E-state index contributed by atoms with van der Waals surface area (Å²) in [4.78, 5) is 0. The number of rotatable bonds is 8. The summed E-state index contributed by atoms with van der Waals surface area (Å²) in [5, 5.41) is 0. The Labute approximate surface area is 183 Å². The van der Waals surface area contributed by atoms with Crippen molar-refractivity contribution in [3.63, 3.8) is 0 Å². The molecule has 3 heteroatoms. The van der Waals surface area contributed by atoms with Gasteiger partial charge in [0.15, 0.2) is 0 Å². The summed E-state index contributed by atoms with van der Waals surface area (Å²) in [5.41, 5.74) is 4.60. The molecule has 0 amide bonds. The van der Waals surface area contributed by atoms with E-state index in [0.717, 1.165) is 47.0 Å². The fraction of sp³-hybridized carbons (Fsp3) is 0.143. The monoisotopic (exact) mass is 410 g/mol. The lowest BCUT2D eigenvalue weighted by Gasteiger charge is -2.16. The standard InChI is InChI=1S/C28H26O3/c1-29-25-13-15-27(23(19-25)17-21-9-5-3-6-10-21)31-28-16-14-26(30-2)20-24(28)18-22-11-7-4-8-12-22/h3-16,19-20H,17-18H2,1-2H3.